The second kappa shape index (κ2) is 7.67. The van der Waals surface area contributed by atoms with Crippen LogP contribution in [0.5, 0.6) is 0 Å². The average molecular weight is 283 g/mol. The van der Waals surface area contributed by atoms with Crippen molar-refractivity contribution in [2.24, 2.45) is 4.99 Å². The van der Waals surface area contributed by atoms with Gasteiger partial charge in [-0.15, -0.1) is 0 Å². The van der Waals surface area contributed by atoms with Crippen molar-refractivity contribution in [3.63, 3.8) is 0 Å². The molecule has 2 aromatic carbocycles. The van der Waals surface area contributed by atoms with Gasteiger partial charge in [0.25, 0.3) is 0 Å². The molecule has 0 spiro atoms. The van der Waals surface area contributed by atoms with Gasteiger partial charge in [-0.2, -0.15) is 0 Å². The molecule has 0 bridgehead atoms. The van der Waals surface area contributed by atoms with E-state index < -0.39 is 0 Å². The molecule has 0 saturated heterocycles. The Bertz CT molecular complexity index is 597. The van der Waals surface area contributed by atoms with Crippen LogP contribution in [0.1, 0.15) is 26.3 Å². The first-order chi connectivity index (χ1) is 10.2. The molecule has 0 amide bonds. The van der Waals surface area contributed by atoms with Crippen molar-refractivity contribution >= 4 is 16.7 Å². The predicted octanol–water partition coefficient (Wildman–Crippen LogP) is 3.35. The minimum atomic E-state index is 0.389. The van der Waals surface area contributed by atoms with Crippen LogP contribution >= 0.6 is 0 Å². The van der Waals surface area contributed by atoms with E-state index in [1.54, 1.807) is 0 Å². The number of aliphatic imine (C=N–C) groups is 1. The second-order valence-electron chi connectivity index (χ2n) is 5.45. The first kappa shape index (κ1) is 15.4. The number of rotatable bonds is 5. The molecule has 0 aliphatic rings. The Kier molecular flexibility index (Phi) is 5.61. The number of benzene rings is 2. The van der Waals surface area contributed by atoms with Gasteiger partial charge in [-0.05, 0) is 43.5 Å². The van der Waals surface area contributed by atoms with Gasteiger partial charge in [-0.3, -0.25) is 4.99 Å². The highest BCUT2D eigenvalue weighted by molar-refractivity contribution is 5.85. The van der Waals surface area contributed by atoms with Crippen LogP contribution in [0.3, 0.4) is 0 Å². The summed E-state index contributed by atoms with van der Waals surface area (Å²) >= 11 is 0. The van der Waals surface area contributed by atoms with E-state index in [2.05, 4.69) is 78.9 Å². The van der Waals surface area contributed by atoms with Crippen LogP contribution in [0.2, 0.25) is 0 Å². The van der Waals surface area contributed by atoms with E-state index in [4.69, 9.17) is 0 Å². The molecule has 0 saturated carbocycles. The summed E-state index contributed by atoms with van der Waals surface area (Å²) in [6.45, 7) is 8.00. The zero-order valence-corrected chi connectivity index (χ0v) is 13.2. The Hall–Kier alpha value is -2.03. The van der Waals surface area contributed by atoms with Gasteiger partial charge >= 0.3 is 0 Å². The molecule has 112 valence electrons. The lowest BCUT2D eigenvalue weighted by Gasteiger charge is -2.14. The van der Waals surface area contributed by atoms with E-state index in [-0.39, 0.29) is 0 Å². The summed E-state index contributed by atoms with van der Waals surface area (Å²) in [6.07, 6.45) is 0.954. The van der Waals surface area contributed by atoms with Crippen molar-refractivity contribution < 1.29 is 0 Å². The van der Waals surface area contributed by atoms with E-state index in [0.717, 1.165) is 25.5 Å². The van der Waals surface area contributed by atoms with Gasteiger partial charge < -0.3 is 10.6 Å². The monoisotopic (exact) mass is 283 g/mol. The van der Waals surface area contributed by atoms with E-state index in [1.807, 2.05) is 0 Å². The molecule has 0 aliphatic carbocycles. The molecule has 0 aliphatic heterocycles. The number of nitrogens with one attached hydrogen (secondary N) is 2. The Morgan fingerprint density at radius 3 is 2.62 bits per heavy atom. The second-order valence-corrected chi connectivity index (χ2v) is 5.45. The Balaban J connectivity index is 2.06. The van der Waals surface area contributed by atoms with Crippen molar-refractivity contribution in [1.82, 2.24) is 10.6 Å². The summed E-state index contributed by atoms with van der Waals surface area (Å²) in [5, 5.41) is 9.25. The predicted molar refractivity (Wildman–Crippen MR) is 91.9 cm³/mol. The van der Waals surface area contributed by atoms with Crippen molar-refractivity contribution in [3.05, 3.63) is 48.0 Å². The fraction of sp³-hybridized carbons (Fsp3) is 0.389. The molecule has 0 heterocycles. The number of hydrogen-bond donors (Lipinski definition) is 2. The van der Waals surface area contributed by atoms with E-state index in [9.17, 15) is 0 Å². The summed E-state index contributed by atoms with van der Waals surface area (Å²) in [5.74, 6) is 0.896. The summed E-state index contributed by atoms with van der Waals surface area (Å²) in [7, 11) is 0. The maximum atomic E-state index is 4.65. The Morgan fingerprint density at radius 2 is 1.86 bits per heavy atom. The van der Waals surface area contributed by atoms with Crippen LogP contribution in [0, 0.1) is 0 Å². The average Bonchev–Trinajstić information content (AvgIpc) is 2.47. The highest BCUT2D eigenvalue weighted by Gasteiger charge is 2.01. The number of nitrogens with zero attached hydrogens (tertiary/aromatic N) is 1. The lowest BCUT2D eigenvalue weighted by molar-refractivity contribution is 0.700. The topological polar surface area (TPSA) is 36.4 Å². The molecule has 3 heteroatoms. The SMILES string of the molecule is CCNC(=NCCc1cccc2ccccc12)NC(C)C. The third kappa shape index (κ3) is 4.48. The number of fused-ring (bicyclic) bond motifs is 1. The first-order valence-corrected chi connectivity index (χ1v) is 7.72. The minimum Gasteiger partial charge on any atom is -0.357 e. The van der Waals surface area contributed by atoms with Crippen molar-refractivity contribution in [2.75, 3.05) is 13.1 Å². The van der Waals surface area contributed by atoms with Gasteiger partial charge in [0.05, 0.1) is 0 Å². The lowest BCUT2D eigenvalue weighted by atomic mass is 10.0. The molecule has 2 aromatic rings. The molecule has 0 radical (unpaired) electrons. The molecule has 3 nitrogen and oxygen atoms in total. The van der Waals surface area contributed by atoms with Gasteiger partial charge in [0.15, 0.2) is 5.96 Å². The highest BCUT2D eigenvalue weighted by Crippen LogP contribution is 2.18. The number of guanidine groups is 1. The molecule has 0 atom stereocenters. The Labute approximate surface area is 127 Å². The molecule has 21 heavy (non-hydrogen) atoms. The quantitative estimate of drug-likeness (QED) is 0.652. The van der Waals surface area contributed by atoms with Gasteiger partial charge in [-0.1, -0.05) is 42.5 Å². The Morgan fingerprint density at radius 1 is 1.10 bits per heavy atom. The molecular weight excluding hydrogens is 258 g/mol. The normalized spacial score (nSPS) is 11.9. The highest BCUT2D eigenvalue weighted by atomic mass is 15.2. The van der Waals surface area contributed by atoms with Gasteiger partial charge in [0.2, 0.25) is 0 Å². The molecule has 2 rings (SSSR count). The van der Waals surface area contributed by atoms with Crippen LogP contribution in [-0.2, 0) is 6.42 Å². The zero-order valence-electron chi connectivity index (χ0n) is 13.2. The number of hydrogen-bond acceptors (Lipinski definition) is 1. The van der Waals surface area contributed by atoms with Crippen LogP contribution in [-0.4, -0.2) is 25.1 Å². The largest absolute Gasteiger partial charge is 0.357 e. The van der Waals surface area contributed by atoms with Crippen molar-refractivity contribution in [3.8, 4) is 0 Å². The summed E-state index contributed by atoms with van der Waals surface area (Å²) in [4.78, 5) is 4.65. The van der Waals surface area contributed by atoms with Gasteiger partial charge in [-0.25, -0.2) is 0 Å². The van der Waals surface area contributed by atoms with Crippen LogP contribution in [0.15, 0.2) is 47.5 Å². The maximum absolute atomic E-state index is 4.65. The smallest absolute Gasteiger partial charge is 0.191 e. The fourth-order valence-electron chi connectivity index (χ4n) is 2.39. The zero-order chi connectivity index (χ0) is 15.1. The summed E-state index contributed by atoms with van der Waals surface area (Å²) in [6, 6.07) is 15.4. The summed E-state index contributed by atoms with van der Waals surface area (Å²) < 4.78 is 0. The minimum absolute atomic E-state index is 0.389. The van der Waals surface area contributed by atoms with Crippen molar-refractivity contribution in [2.45, 2.75) is 33.2 Å². The molecule has 0 aromatic heterocycles. The lowest BCUT2D eigenvalue weighted by Crippen LogP contribution is -2.41. The fourth-order valence-corrected chi connectivity index (χ4v) is 2.39. The van der Waals surface area contributed by atoms with Crippen molar-refractivity contribution in [1.29, 1.82) is 0 Å². The van der Waals surface area contributed by atoms with E-state index >= 15 is 0 Å². The first-order valence-electron chi connectivity index (χ1n) is 7.72. The molecule has 0 unspecified atom stereocenters. The van der Waals surface area contributed by atoms with Gasteiger partial charge in [0, 0.05) is 19.1 Å². The molecule has 0 fully saturated rings. The standard InChI is InChI=1S/C18H25N3/c1-4-19-18(21-14(2)3)20-13-12-16-10-7-9-15-8-5-6-11-17(15)16/h5-11,14H,4,12-13H2,1-3H3,(H2,19,20,21). The van der Waals surface area contributed by atoms with Crippen LogP contribution in [0.25, 0.3) is 10.8 Å². The molecular formula is C18H25N3. The third-order valence-electron chi connectivity index (χ3n) is 3.30. The third-order valence-corrected chi connectivity index (χ3v) is 3.30. The molecule has 2 N–H and O–H groups in total. The summed E-state index contributed by atoms with van der Waals surface area (Å²) in [5.41, 5.74) is 1.36. The maximum Gasteiger partial charge on any atom is 0.191 e. The van der Waals surface area contributed by atoms with Crippen LogP contribution in [0.4, 0.5) is 0 Å². The van der Waals surface area contributed by atoms with Crippen LogP contribution < -0.4 is 10.6 Å². The van der Waals surface area contributed by atoms with E-state index in [1.165, 1.54) is 16.3 Å². The van der Waals surface area contributed by atoms with E-state index in [0.29, 0.717) is 6.04 Å². The van der Waals surface area contributed by atoms with Gasteiger partial charge in [0.1, 0.15) is 0 Å².